The maximum atomic E-state index is 10.4. The standard InChI is InChI=1S/C11H15NO4/c12-10(11(14)15)9(13)7-16-6-8-4-2-1-3-5-8/h1-5,9-10,13H,6-7,12H2,(H,14,15)/t9-,10+/m1/s1. The van der Waals surface area contributed by atoms with Gasteiger partial charge in [-0.1, -0.05) is 30.3 Å². The topological polar surface area (TPSA) is 92.8 Å². The Hall–Kier alpha value is -1.43. The van der Waals surface area contributed by atoms with Gasteiger partial charge in [0.2, 0.25) is 0 Å². The van der Waals surface area contributed by atoms with E-state index >= 15 is 0 Å². The first-order valence-electron chi connectivity index (χ1n) is 4.89. The molecule has 0 radical (unpaired) electrons. The van der Waals surface area contributed by atoms with Crippen LogP contribution in [0.15, 0.2) is 30.3 Å². The highest BCUT2D eigenvalue weighted by Gasteiger charge is 2.21. The average molecular weight is 225 g/mol. The Morgan fingerprint density at radius 2 is 2.00 bits per heavy atom. The Labute approximate surface area is 93.5 Å². The molecule has 0 aliphatic rings. The van der Waals surface area contributed by atoms with Crippen LogP contribution in [0.3, 0.4) is 0 Å². The lowest BCUT2D eigenvalue weighted by molar-refractivity contribution is -0.142. The van der Waals surface area contributed by atoms with Crippen molar-refractivity contribution >= 4 is 5.97 Å². The van der Waals surface area contributed by atoms with Gasteiger partial charge in [0.05, 0.1) is 13.2 Å². The SMILES string of the molecule is N[C@H](C(=O)O)[C@H](O)COCc1ccccc1. The second-order valence-electron chi connectivity index (χ2n) is 3.43. The van der Waals surface area contributed by atoms with Gasteiger partial charge in [-0.05, 0) is 5.56 Å². The number of carbonyl (C=O) groups is 1. The third-order valence-electron chi connectivity index (χ3n) is 2.10. The van der Waals surface area contributed by atoms with E-state index in [0.717, 1.165) is 5.56 Å². The smallest absolute Gasteiger partial charge is 0.323 e. The van der Waals surface area contributed by atoms with E-state index in [0.29, 0.717) is 6.61 Å². The van der Waals surface area contributed by atoms with Crippen molar-refractivity contribution in [2.75, 3.05) is 6.61 Å². The van der Waals surface area contributed by atoms with Crippen molar-refractivity contribution in [3.8, 4) is 0 Å². The van der Waals surface area contributed by atoms with Crippen LogP contribution in [0.4, 0.5) is 0 Å². The number of benzene rings is 1. The van der Waals surface area contributed by atoms with Gasteiger partial charge >= 0.3 is 5.97 Å². The summed E-state index contributed by atoms with van der Waals surface area (Å²) in [4.78, 5) is 10.4. The van der Waals surface area contributed by atoms with Gasteiger partial charge in [0.25, 0.3) is 0 Å². The number of rotatable bonds is 6. The highest BCUT2D eigenvalue weighted by atomic mass is 16.5. The van der Waals surface area contributed by atoms with Gasteiger partial charge in [0.15, 0.2) is 0 Å². The summed E-state index contributed by atoms with van der Waals surface area (Å²) in [5.74, 6) is -1.24. The number of aliphatic hydroxyl groups excluding tert-OH is 1. The third-order valence-corrected chi connectivity index (χ3v) is 2.10. The molecule has 0 aliphatic carbocycles. The summed E-state index contributed by atoms with van der Waals surface area (Å²) in [7, 11) is 0. The minimum absolute atomic E-state index is 0.0949. The zero-order valence-corrected chi connectivity index (χ0v) is 8.74. The molecule has 0 aromatic heterocycles. The molecule has 0 unspecified atom stereocenters. The Morgan fingerprint density at radius 1 is 1.38 bits per heavy atom. The molecule has 5 nitrogen and oxygen atoms in total. The van der Waals surface area contributed by atoms with Crippen LogP contribution < -0.4 is 5.73 Å². The Balaban J connectivity index is 2.28. The van der Waals surface area contributed by atoms with Crippen molar-refractivity contribution in [3.63, 3.8) is 0 Å². The number of aliphatic hydroxyl groups is 1. The molecule has 1 aromatic carbocycles. The number of ether oxygens (including phenoxy) is 1. The summed E-state index contributed by atoms with van der Waals surface area (Å²) >= 11 is 0. The fourth-order valence-corrected chi connectivity index (χ4v) is 1.14. The number of aliphatic carboxylic acids is 1. The van der Waals surface area contributed by atoms with E-state index in [-0.39, 0.29) is 6.61 Å². The van der Waals surface area contributed by atoms with Crippen LogP contribution in [0.1, 0.15) is 5.56 Å². The normalized spacial score (nSPS) is 14.4. The summed E-state index contributed by atoms with van der Waals surface area (Å²) in [5.41, 5.74) is 6.17. The maximum Gasteiger partial charge on any atom is 0.323 e. The molecule has 0 bridgehead atoms. The molecular weight excluding hydrogens is 210 g/mol. The number of hydrogen-bond donors (Lipinski definition) is 3. The molecule has 16 heavy (non-hydrogen) atoms. The predicted molar refractivity (Wildman–Crippen MR) is 57.7 cm³/mol. The van der Waals surface area contributed by atoms with Gasteiger partial charge in [-0.25, -0.2) is 0 Å². The lowest BCUT2D eigenvalue weighted by atomic mass is 10.2. The fourth-order valence-electron chi connectivity index (χ4n) is 1.14. The van der Waals surface area contributed by atoms with Crippen LogP contribution in [0, 0.1) is 0 Å². The molecule has 1 aromatic rings. The molecule has 2 atom stereocenters. The second kappa shape index (κ2) is 6.22. The summed E-state index contributed by atoms with van der Waals surface area (Å²) in [6.07, 6.45) is -1.19. The molecule has 0 amide bonds. The fraction of sp³-hybridized carbons (Fsp3) is 0.364. The minimum atomic E-state index is -1.31. The number of carboxylic acid groups (broad SMARTS) is 1. The van der Waals surface area contributed by atoms with E-state index in [4.69, 9.17) is 15.6 Å². The molecule has 0 aliphatic heterocycles. The largest absolute Gasteiger partial charge is 0.480 e. The van der Waals surface area contributed by atoms with Crippen molar-refractivity contribution in [2.45, 2.75) is 18.8 Å². The van der Waals surface area contributed by atoms with Crippen LogP contribution in [-0.4, -0.2) is 34.9 Å². The van der Waals surface area contributed by atoms with Crippen molar-refractivity contribution in [2.24, 2.45) is 5.73 Å². The van der Waals surface area contributed by atoms with Crippen LogP contribution in [0.5, 0.6) is 0 Å². The van der Waals surface area contributed by atoms with Gasteiger partial charge in [0, 0.05) is 0 Å². The van der Waals surface area contributed by atoms with E-state index in [1.54, 1.807) is 0 Å². The average Bonchev–Trinajstić information content (AvgIpc) is 2.29. The van der Waals surface area contributed by atoms with Gasteiger partial charge < -0.3 is 20.7 Å². The van der Waals surface area contributed by atoms with Crippen LogP contribution in [0.25, 0.3) is 0 Å². The molecule has 0 saturated heterocycles. The summed E-state index contributed by atoms with van der Waals surface area (Å²) < 4.78 is 5.16. The van der Waals surface area contributed by atoms with Gasteiger partial charge in [0.1, 0.15) is 12.1 Å². The van der Waals surface area contributed by atoms with Crippen molar-refractivity contribution in [3.05, 3.63) is 35.9 Å². The number of nitrogens with two attached hydrogens (primary N) is 1. The van der Waals surface area contributed by atoms with Crippen molar-refractivity contribution < 1.29 is 19.7 Å². The van der Waals surface area contributed by atoms with Gasteiger partial charge in [-0.3, -0.25) is 4.79 Å². The Morgan fingerprint density at radius 3 is 2.56 bits per heavy atom. The maximum absolute atomic E-state index is 10.4. The summed E-state index contributed by atoms with van der Waals surface area (Å²) in [6.45, 7) is 0.229. The zero-order chi connectivity index (χ0) is 12.0. The Bertz CT molecular complexity index is 328. The van der Waals surface area contributed by atoms with E-state index in [1.165, 1.54) is 0 Å². The lowest BCUT2D eigenvalue weighted by Crippen LogP contribution is -2.44. The van der Waals surface area contributed by atoms with Gasteiger partial charge in [-0.15, -0.1) is 0 Å². The first-order valence-corrected chi connectivity index (χ1v) is 4.89. The van der Waals surface area contributed by atoms with E-state index in [9.17, 15) is 9.90 Å². The van der Waals surface area contributed by atoms with Crippen LogP contribution in [0.2, 0.25) is 0 Å². The lowest BCUT2D eigenvalue weighted by Gasteiger charge is -2.14. The Kier molecular flexibility index (Phi) is 4.91. The van der Waals surface area contributed by atoms with Gasteiger partial charge in [-0.2, -0.15) is 0 Å². The molecule has 88 valence electrons. The van der Waals surface area contributed by atoms with E-state index in [2.05, 4.69) is 0 Å². The summed E-state index contributed by atoms with van der Waals surface area (Å²) in [5, 5.41) is 17.9. The molecule has 0 spiro atoms. The van der Waals surface area contributed by atoms with Crippen molar-refractivity contribution in [1.29, 1.82) is 0 Å². The molecule has 0 saturated carbocycles. The molecule has 5 heteroatoms. The van der Waals surface area contributed by atoms with Crippen molar-refractivity contribution in [1.82, 2.24) is 0 Å². The highest BCUT2D eigenvalue weighted by molar-refractivity contribution is 5.73. The molecule has 0 fully saturated rings. The first-order chi connectivity index (χ1) is 7.61. The monoisotopic (exact) mass is 225 g/mol. The molecule has 0 heterocycles. The minimum Gasteiger partial charge on any atom is -0.480 e. The third kappa shape index (κ3) is 3.98. The number of carboxylic acids is 1. The molecular formula is C11H15NO4. The van der Waals surface area contributed by atoms with Crippen LogP contribution >= 0.6 is 0 Å². The quantitative estimate of drug-likeness (QED) is 0.632. The highest BCUT2D eigenvalue weighted by Crippen LogP contribution is 2.01. The summed E-state index contributed by atoms with van der Waals surface area (Å²) in [6, 6.07) is 8.08. The van der Waals surface area contributed by atoms with Crippen LogP contribution in [-0.2, 0) is 16.1 Å². The molecule has 4 N–H and O–H groups in total. The van der Waals surface area contributed by atoms with E-state index < -0.39 is 18.1 Å². The first kappa shape index (κ1) is 12.6. The predicted octanol–water partition coefficient (Wildman–Crippen LogP) is -0.0240. The number of hydrogen-bond acceptors (Lipinski definition) is 4. The molecule has 1 rings (SSSR count). The van der Waals surface area contributed by atoms with E-state index in [1.807, 2.05) is 30.3 Å². The second-order valence-corrected chi connectivity index (χ2v) is 3.43. The zero-order valence-electron chi connectivity index (χ0n) is 8.74.